The van der Waals surface area contributed by atoms with E-state index in [0.717, 1.165) is 6.33 Å². The maximum atomic E-state index is 11.3. The van der Waals surface area contributed by atoms with Crippen LogP contribution in [-0.4, -0.2) is 28.0 Å². The second kappa shape index (κ2) is 6.45. The Labute approximate surface area is 124 Å². The second-order valence-electron chi connectivity index (χ2n) is 3.90. The fourth-order valence-corrected chi connectivity index (χ4v) is 1.60. The van der Waals surface area contributed by atoms with Crippen LogP contribution in [0.3, 0.4) is 0 Å². The summed E-state index contributed by atoms with van der Waals surface area (Å²) >= 11 is 0. The first-order chi connectivity index (χ1) is 10.6. The number of nitrogen functional groups attached to an aromatic ring is 1. The number of carbonyl (C=O) groups excluding carboxylic acids is 1. The van der Waals surface area contributed by atoms with Gasteiger partial charge in [-0.2, -0.15) is 4.98 Å². The number of benzene rings is 1. The van der Waals surface area contributed by atoms with Crippen molar-refractivity contribution in [3.05, 3.63) is 46.3 Å². The molecule has 0 aliphatic carbocycles. The molecule has 0 aliphatic heterocycles. The molecule has 3 N–H and O–H groups in total. The van der Waals surface area contributed by atoms with Crippen molar-refractivity contribution in [3.8, 4) is 11.6 Å². The number of aromatic nitrogens is 2. The summed E-state index contributed by atoms with van der Waals surface area (Å²) in [4.78, 5) is 29.0. The van der Waals surface area contributed by atoms with E-state index < -0.39 is 16.6 Å². The summed E-state index contributed by atoms with van der Waals surface area (Å²) in [7, 11) is 1.26. The van der Waals surface area contributed by atoms with Gasteiger partial charge in [-0.05, 0) is 24.3 Å². The molecule has 0 amide bonds. The highest BCUT2D eigenvalue weighted by atomic mass is 16.6. The number of nitrogens with two attached hydrogens (primary N) is 1. The Bertz CT molecular complexity index is 704. The van der Waals surface area contributed by atoms with Crippen molar-refractivity contribution < 1.29 is 19.2 Å². The molecule has 10 nitrogen and oxygen atoms in total. The largest absolute Gasteiger partial charge is 0.465 e. The molecule has 1 aromatic heterocycles. The minimum Gasteiger partial charge on any atom is -0.465 e. The van der Waals surface area contributed by atoms with Gasteiger partial charge in [-0.25, -0.2) is 15.6 Å². The first-order valence-corrected chi connectivity index (χ1v) is 5.89. The van der Waals surface area contributed by atoms with Crippen molar-refractivity contribution in [2.75, 3.05) is 12.5 Å². The predicted molar refractivity (Wildman–Crippen MR) is 74.4 cm³/mol. The van der Waals surface area contributed by atoms with Crippen molar-refractivity contribution >= 4 is 17.5 Å². The Morgan fingerprint density at radius 2 is 2.00 bits per heavy atom. The first kappa shape index (κ1) is 15.1. The zero-order chi connectivity index (χ0) is 16.1. The lowest BCUT2D eigenvalue weighted by atomic mass is 10.2. The van der Waals surface area contributed by atoms with Crippen LogP contribution in [0.1, 0.15) is 10.4 Å². The molecule has 0 saturated heterocycles. The molecule has 114 valence electrons. The quantitative estimate of drug-likeness (QED) is 0.361. The molecular formula is C12H11N5O5. The molecule has 0 aliphatic rings. The van der Waals surface area contributed by atoms with Crippen molar-refractivity contribution in [2.45, 2.75) is 0 Å². The van der Waals surface area contributed by atoms with E-state index in [1.54, 1.807) is 0 Å². The summed E-state index contributed by atoms with van der Waals surface area (Å²) in [5.74, 6) is 4.45. The van der Waals surface area contributed by atoms with Gasteiger partial charge in [0.25, 0.3) is 0 Å². The van der Waals surface area contributed by atoms with Crippen LogP contribution in [0.2, 0.25) is 0 Å². The lowest BCUT2D eigenvalue weighted by Gasteiger charge is -2.07. The molecule has 0 bridgehead atoms. The second-order valence-corrected chi connectivity index (χ2v) is 3.90. The highest BCUT2D eigenvalue weighted by Gasteiger charge is 2.24. The summed E-state index contributed by atoms with van der Waals surface area (Å²) in [5, 5.41) is 11.1. The molecular weight excluding hydrogens is 294 g/mol. The molecule has 1 heterocycles. The molecule has 0 unspecified atom stereocenters. The molecule has 2 rings (SSSR count). The van der Waals surface area contributed by atoms with Gasteiger partial charge in [0.05, 0.1) is 17.6 Å². The number of hydrogen-bond donors (Lipinski definition) is 2. The highest BCUT2D eigenvalue weighted by molar-refractivity contribution is 5.89. The average molecular weight is 305 g/mol. The van der Waals surface area contributed by atoms with Crippen molar-refractivity contribution in [1.29, 1.82) is 0 Å². The minimum absolute atomic E-state index is 0.179. The van der Waals surface area contributed by atoms with E-state index in [-0.39, 0.29) is 17.4 Å². The number of nitrogens with zero attached hydrogens (tertiary/aromatic N) is 3. The lowest BCUT2D eigenvalue weighted by molar-refractivity contribution is -0.385. The van der Waals surface area contributed by atoms with E-state index >= 15 is 0 Å². The summed E-state index contributed by atoms with van der Waals surface area (Å²) in [6.07, 6.45) is 1.07. The third kappa shape index (κ3) is 3.07. The van der Waals surface area contributed by atoms with Gasteiger partial charge < -0.3 is 14.9 Å². The number of esters is 1. The molecule has 1 aromatic carbocycles. The molecule has 0 spiro atoms. The lowest BCUT2D eigenvalue weighted by Crippen LogP contribution is -2.12. The third-order valence-electron chi connectivity index (χ3n) is 2.60. The number of nitro groups is 1. The van der Waals surface area contributed by atoms with Crippen LogP contribution in [0, 0.1) is 10.1 Å². The van der Waals surface area contributed by atoms with Crippen LogP contribution in [0.5, 0.6) is 11.6 Å². The van der Waals surface area contributed by atoms with Crippen LogP contribution in [-0.2, 0) is 4.74 Å². The van der Waals surface area contributed by atoms with E-state index in [9.17, 15) is 14.9 Å². The molecule has 0 atom stereocenters. The van der Waals surface area contributed by atoms with Crippen LogP contribution in [0.4, 0.5) is 11.5 Å². The van der Waals surface area contributed by atoms with E-state index in [1.165, 1.54) is 31.4 Å². The average Bonchev–Trinajstić information content (AvgIpc) is 2.54. The van der Waals surface area contributed by atoms with Gasteiger partial charge in [-0.3, -0.25) is 10.1 Å². The van der Waals surface area contributed by atoms with Gasteiger partial charge in [0.1, 0.15) is 12.1 Å². The fraction of sp³-hybridized carbons (Fsp3) is 0.0833. The van der Waals surface area contributed by atoms with Crippen molar-refractivity contribution in [1.82, 2.24) is 9.97 Å². The molecule has 10 heteroatoms. The van der Waals surface area contributed by atoms with Gasteiger partial charge in [0.2, 0.25) is 5.82 Å². The molecule has 0 saturated carbocycles. The van der Waals surface area contributed by atoms with Gasteiger partial charge in [0.15, 0.2) is 0 Å². The molecule has 0 radical (unpaired) electrons. The number of hydrazine groups is 1. The first-order valence-electron chi connectivity index (χ1n) is 5.89. The van der Waals surface area contributed by atoms with Gasteiger partial charge >= 0.3 is 17.5 Å². The summed E-state index contributed by atoms with van der Waals surface area (Å²) in [6.45, 7) is 0. The highest BCUT2D eigenvalue weighted by Crippen LogP contribution is 2.33. The number of hydrogen-bond acceptors (Lipinski definition) is 9. The zero-order valence-electron chi connectivity index (χ0n) is 11.3. The Morgan fingerprint density at radius 3 is 2.55 bits per heavy atom. The SMILES string of the molecule is COC(=O)c1ccc(Oc2ncnc(NN)c2[N+](=O)[O-])cc1. The minimum atomic E-state index is -0.715. The zero-order valence-corrected chi connectivity index (χ0v) is 11.3. The standard InChI is InChI=1S/C12H11N5O5/c1-21-12(18)7-2-4-8(5-3-7)22-11-9(17(19)20)10(16-13)14-6-15-11/h2-6H,13H2,1H3,(H,14,15,16). The van der Waals surface area contributed by atoms with Gasteiger partial charge in [-0.15, -0.1) is 0 Å². The van der Waals surface area contributed by atoms with Crippen LogP contribution >= 0.6 is 0 Å². The maximum Gasteiger partial charge on any atom is 0.374 e. The van der Waals surface area contributed by atoms with E-state index in [1.807, 2.05) is 0 Å². The summed E-state index contributed by atoms with van der Waals surface area (Å²) < 4.78 is 9.90. The van der Waals surface area contributed by atoms with Crippen molar-refractivity contribution in [3.63, 3.8) is 0 Å². The molecule has 2 aromatic rings. The molecule has 22 heavy (non-hydrogen) atoms. The maximum absolute atomic E-state index is 11.3. The Hall–Kier alpha value is -3.27. The normalized spacial score (nSPS) is 9.91. The smallest absolute Gasteiger partial charge is 0.374 e. The number of anilines is 1. The number of rotatable bonds is 5. The van der Waals surface area contributed by atoms with E-state index in [2.05, 4.69) is 20.1 Å². The van der Waals surface area contributed by atoms with Gasteiger partial charge in [-0.1, -0.05) is 0 Å². The molecule has 0 fully saturated rings. The van der Waals surface area contributed by atoms with Gasteiger partial charge in [0, 0.05) is 0 Å². The van der Waals surface area contributed by atoms with Crippen LogP contribution < -0.4 is 16.0 Å². The van der Waals surface area contributed by atoms with Crippen LogP contribution in [0.25, 0.3) is 0 Å². The van der Waals surface area contributed by atoms with E-state index in [0.29, 0.717) is 5.56 Å². The Balaban J connectivity index is 2.31. The number of ether oxygens (including phenoxy) is 2. The van der Waals surface area contributed by atoms with Crippen LogP contribution in [0.15, 0.2) is 30.6 Å². The predicted octanol–water partition coefficient (Wildman–Crippen LogP) is 1.25. The topological polar surface area (TPSA) is 142 Å². The third-order valence-corrected chi connectivity index (χ3v) is 2.60. The Morgan fingerprint density at radius 1 is 1.32 bits per heavy atom. The monoisotopic (exact) mass is 305 g/mol. The Kier molecular flexibility index (Phi) is 4.44. The number of nitrogens with one attached hydrogen (secondary N) is 1. The summed E-state index contributed by atoms with van der Waals surface area (Å²) in [5.41, 5.74) is 1.92. The van der Waals surface area contributed by atoms with Crippen molar-refractivity contribution in [2.24, 2.45) is 5.84 Å². The van der Waals surface area contributed by atoms with E-state index in [4.69, 9.17) is 10.6 Å². The number of methoxy groups -OCH3 is 1. The fourth-order valence-electron chi connectivity index (χ4n) is 1.60. The number of carbonyl (C=O) groups is 1. The summed E-state index contributed by atoms with van der Waals surface area (Å²) in [6, 6.07) is 5.81.